The van der Waals surface area contributed by atoms with Crippen molar-refractivity contribution in [3.63, 3.8) is 0 Å². The number of guanidine groups is 2. The smallest absolute Gasteiger partial charge is 0.305 e. The van der Waals surface area contributed by atoms with Crippen molar-refractivity contribution in [2.45, 2.75) is 203 Å². The minimum absolute atomic E-state index is 0.00472. The number of aliphatic hydroxyl groups is 5. The molecule has 0 bridgehead atoms. The van der Waals surface area contributed by atoms with E-state index in [1.54, 1.807) is 45.9 Å². The molecule has 2 rings (SSSR count). The van der Waals surface area contributed by atoms with Gasteiger partial charge in [0.05, 0.1) is 57.4 Å². The fraction of sp³-hybridized carbons (Fsp3) is 0.597. The van der Waals surface area contributed by atoms with Gasteiger partial charge in [0.15, 0.2) is 11.9 Å². The number of carbonyl (C=O) groups is 16. The van der Waals surface area contributed by atoms with Gasteiger partial charge in [0.25, 0.3) is 0 Å². The number of carboxylic acid groups (broad SMARTS) is 2. The number of carbonyl (C=O) groups excluding carboxylic acids is 14. The molecule has 0 saturated carbocycles. The van der Waals surface area contributed by atoms with Crippen LogP contribution in [0.4, 0.5) is 0 Å². The summed E-state index contributed by atoms with van der Waals surface area (Å²) in [6, 6.07) is -14.6. The lowest BCUT2D eigenvalue weighted by atomic mass is 10.0. The van der Waals surface area contributed by atoms with Gasteiger partial charge >= 0.3 is 11.9 Å². The number of primary amides is 1. The highest BCUT2D eigenvalue weighted by Gasteiger charge is 2.39. The first kappa shape index (κ1) is 97.3. The highest BCUT2D eigenvalue weighted by atomic mass is 16.4. The summed E-state index contributed by atoms with van der Waals surface area (Å²) in [6.07, 6.45) is -4.24. The van der Waals surface area contributed by atoms with Gasteiger partial charge in [0.1, 0.15) is 72.5 Å². The summed E-state index contributed by atoms with van der Waals surface area (Å²) in [5.74, 6) is -20.5. The van der Waals surface area contributed by atoms with Crippen molar-refractivity contribution in [3.05, 3.63) is 54.1 Å². The Kier molecular flexibility index (Phi) is 43.2. The van der Waals surface area contributed by atoms with Crippen LogP contribution in [0.25, 0.3) is 0 Å². The molecule has 0 aliphatic carbocycles. The Labute approximate surface area is 648 Å². The average Bonchev–Trinajstić information content (AvgIpc) is 1.12. The monoisotopic (exact) mass is 1600 g/mol. The van der Waals surface area contributed by atoms with Crippen LogP contribution in [0.5, 0.6) is 0 Å². The second kappa shape index (κ2) is 50.2. The van der Waals surface area contributed by atoms with Crippen LogP contribution in [0, 0.1) is 11.8 Å². The first-order valence-corrected chi connectivity index (χ1v) is 35.8. The molecule has 0 unspecified atom stereocenters. The maximum absolute atomic E-state index is 14.3. The summed E-state index contributed by atoms with van der Waals surface area (Å²) in [6.45, 7) is 4.26. The van der Waals surface area contributed by atoms with Crippen molar-refractivity contribution in [2.24, 2.45) is 56.2 Å². The van der Waals surface area contributed by atoms with Crippen molar-refractivity contribution in [2.75, 3.05) is 39.5 Å². The molecule has 0 aliphatic heterocycles. The molecule has 0 fully saturated rings. The van der Waals surface area contributed by atoms with E-state index < -0.39 is 243 Å². The summed E-state index contributed by atoms with van der Waals surface area (Å²) < 4.78 is 0. The molecule has 46 nitrogen and oxygen atoms in total. The summed E-state index contributed by atoms with van der Waals surface area (Å²) in [5.41, 5.74) is 34.0. The number of aliphatic carboxylic acids is 2. The third kappa shape index (κ3) is 37.2. The minimum atomic E-state index is -2.08. The molecule has 1 heterocycles. The minimum Gasteiger partial charge on any atom is -0.481 e. The van der Waals surface area contributed by atoms with E-state index in [0.717, 1.165) is 13.8 Å². The molecule has 2 aromatic rings. The number of hydrogen-bond donors (Lipinski definition) is 27. The number of nitrogens with zero attached hydrogens (tertiary/aromatic N) is 3. The van der Waals surface area contributed by atoms with Gasteiger partial charge in [-0.3, -0.25) is 86.7 Å². The number of aromatic nitrogens is 2. The Morgan fingerprint density at radius 2 is 0.832 bits per heavy atom. The van der Waals surface area contributed by atoms with E-state index in [-0.39, 0.29) is 75.9 Å². The molecule has 0 radical (unpaired) electrons. The normalized spacial score (nSPS) is 15.1. The second-order valence-corrected chi connectivity index (χ2v) is 27.1. The van der Waals surface area contributed by atoms with Crippen molar-refractivity contribution in [3.8, 4) is 0 Å². The standard InChI is InChI=1S/C67H109N23O23/c1-31(2)20-41(58(106)79-38(53(69)101)14-10-18-75-66(70)71)82-56(104)39(15-11-19-76-67(72)73)80-61(109)46(28-92)87-59(107)42(21-32(3)4)83-57(105)40(16-17-49(97)98)81-62(110)47(29-93)88-65(113)52(34(6)95)90-60(108)43(22-35-12-8-7-9-13-35)85-64(112)51(33(5)94)89-48(96)26-77-55(103)44(24-50(99)100)84-63(111)45(27-91)86-54(102)37(68)23-36-25-74-30-78-36/h7-9,12-13,25,30-34,37-47,51-52,91-95H,10-11,14-24,26-29,68H2,1-6H3,(H2,69,101)(H,74,78)(H,77,103)(H,79,106)(H,80,109)(H,81,110)(H,82,104)(H,83,105)(H,84,111)(H,85,112)(H,86,102)(H,87,107)(H,88,113)(H,89,96)(H,90,108)(H,97,98)(H,99,100)(H4,70,71,75)(H4,72,73,76)/t33-,34-,37+,38+,39+,40+,41+,42+,43+,44+,45+,46+,47+,51+,52+/m1/s1. The summed E-state index contributed by atoms with van der Waals surface area (Å²) in [5, 5.41) is 101. The van der Waals surface area contributed by atoms with Gasteiger partial charge in [-0.2, -0.15) is 0 Å². The van der Waals surface area contributed by atoms with E-state index in [9.17, 15) is 112 Å². The molecule has 0 aliphatic rings. The first-order valence-electron chi connectivity index (χ1n) is 35.8. The van der Waals surface area contributed by atoms with Crippen LogP contribution in [0.3, 0.4) is 0 Å². The lowest BCUT2D eigenvalue weighted by Crippen LogP contribution is -2.63. The molecule has 33 N–H and O–H groups in total. The lowest BCUT2D eigenvalue weighted by molar-refractivity contribution is -0.141. The largest absolute Gasteiger partial charge is 0.481 e. The summed E-state index contributed by atoms with van der Waals surface area (Å²) in [7, 11) is 0. The Morgan fingerprint density at radius 1 is 0.442 bits per heavy atom. The van der Waals surface area contributed by atoms with Gasteiger partial charge in [-0.05, 0) is 76.2 Å². The van der Waals surface area contributed by atoms with Crippen LogP contribution in [0.1, 0.15) is 111 Å². The van der Waals surface area contributed by atoms with Gasteiger partial charge in [0.2, 0.25) is 82.7 Å². The zero-order valence-electron chi connectivity index (χ0n) is 63.3. The zero-order valence-corrected chi connectivity index (χ0v) is 63.3. The molecule has 630 valence electrons. The number of nitrogens with two attached hydrogens (primary N) is 6. The SMILES string of the molecule is CC(C)C[C@H](NC(=O)[C@H](CCCN=C(N)N)NC(=O)[C@H](CO)NC(=O)[C@H](CC(C)C)NC(=O)[C@H](CCC(=O)O)NC(=O)[C@H](CO)NC(=O)[C@@H](NC(=O)[C@H](Cc1ccccc1)NC(=O)[C@@H](NC(=O)CNC(=O)[C@H](CC(=O)O)NC(=O)[C@H](CO)NC(=O)[C@@H](N)Cc1cnc[nH]1)[C@@H](C)O)[C@@H](C)O)C(=O)N[C@@H](CCCN=C(N)N)C(N)=O. The predicted octanol–water partition coefficient (Wildman–Crippen LogP) is -11.8. The van der Waals surface area contributed by atoms with Crippen LogP contribution >= 0.6 is 0 Å². The fourth-order valence-electron chi connectivity index (χ4n) is 10.5. The van der Waals surface area contributed by atoms with E-state index in [0.29, 0.717) is 11.3 Å². The number of rotatable bonds is 53. The number of hydrogen-bond acceptors (Lipinski definition) is 25. The summed E-state index contributed by atoms with van der Waals surface area (Å²) >= 11 is 0. The molecule has 113 heavy (non-hydrogen) atoms. The Bertz CT molecular complexity index is 3580. The number of aliphatic imine (C=N–C) groups is 2. The van der Waals surface area contributed by atoms with Crippen LogP contribution in [-0.2, 0) is 89.6 Å². The van der Waals surface area contributed by atoms with Crippen LogP contribution in [0.15, 0.2) is 52.8 Å². The number of imidazole rings is 1. The molecule has 1 aromatic carbocycles. The van der Waals surface area contributed by atoms with Gasteiger partial charge in [-0.15, -0.1) is 0 Å². The fourth-order valence-corrected chi connectivity index (χ4v) is 10.5. The molecule has 0 saturated heterocycles. The van der Waals surface area contributed by atoms with E-state index in [1.807, 2.05) is 0 Å². The number of carboxylic acids is 2. The lowest BCUT2D eigenvalue weighted by Gasteiger charge is -2.29. The van der Waals surface area contributed by atoms with E-state index in [1.165, 1.54) is 24.7 Å². The van der Waals surface area contributed by atoms with E-state index in [2.05, 4.69) is 89.1 Å². The van der Waals surface area contributed by atoms with Crippen molar-refractivity contribution < 1.29 is 112 Å². The molecule has 0 spiro atoms. The number of nitrogens with one attached hydrogen (secondary N) is 14. The topological polar surface area (TPSA) is 781 Å². The van der Waals surface area contributed by atoms with E-state index in [4.69, 9.17) is 34.4 Å². The number of amides is 14. The Morgan fingerprint density at radius 3 is 1.26 bits per heavy atom. The van der Waals surface area contributed by atoms with Crippen LogP contribution in [-0.4, -0.2) is 282 Å². The maximum Gasteiger partial charge on any atom is 0.305 e. The molecular weight excluding hydrogens is 1490 g/mol. The van der Waals surface area contributed by atoms with Crippen LogP contribution < -0.4 is 104 Å². The van der Waals surface area contributed by atoms with Gasteiger partial charge in [-0.1, -0.05) is 58.0 Å². The molecule has 46 heteroatoms. The molecule has 1 aromatic heterocycles. The van der Waals surface area contributed by atoms with Gasteiger partial charge in [0, 0.05) is 44.2 Å². The van der Waals surface area contributed by atoms with Gasteiger partial charge in [-0.25, -0.2) is 4.98 Å². The quantitative estimate of drug-likeness (QED) is 0.0166. The Hall–Kier alpha value is -11.7. The van der Waals surface area contributed by atoms with Crippen molar-refractivity contribution >= 4 is 107 Å². The predicted molar refractivity (Wildman–Crippen MR) is 398 cm³/mol. The molecular formula is C67H109N23O23. The van der Waals surface area contributed by atoms with Crippen molar-refractivity contribution in [1.82, 2.24) is 79.1 Å². The highest BCUT2D eigenvalue weighted by molar-refractivity contribution is 6.00. The molecule has 14 amide bonds. The first-order chi connectivity index (χ1) is 53.1. The van der Waals surface area contributed by atoms with Crippen molar-refractivity contribution in [1.29, 1.82) is 0 Å². The number of aromatic amines is 1. The average molecular weight is 1600 g/mol. The third-order valence-electron chi connectivity index (χ3n) is 16.4. The number of H-pyrrole nitrogens is 1. The van der Waals surface area contributed by atoms with Gasteiger partial charge < -0.3 is 144 Å². The zero-order chi connectivity index (χ0) is 85.4. The highest BCUT2D eigenvalue weighted by Crippen LogP contribution is 2.13. The number of benzene rings is 1. The second-order valence-electron chi connectivity index (χ2n) is 27.1. The maximum atomic E-state index is 14.3. The number of aliphatic hydroxyl groups excluding tert-OH is 5. The summed E-state index contributed by atoms with van der Waals surface area (Å²) in [4.78, 5) is 229. The molecule has 15 atom stereocenters. The van der Waals surface area contributed by atoms with Crippen LogP contribution in [0.2, 0.25) is 0 Å². The third-order valence-corrected chi connectivity index (χ3v) is 16.4. The van der Waals surface area contributed by atoms with E-state index >= 15 is 0 Å². The Balaban J connectivity index is 2.37.